The van der Waals surface area contributed by atoms with Gasteiger partial charge in [-0.1, -0.05) is 12.1 Å². The lowest BCUT2D eigenvalue weighted by Gasteiger charge is -2.15. The van der Waals surface area contributed by atoms with Crippen LogP contribution in [0.5, 0.6) is 5.75 Å². The molecule has 1 aromatic heterocycles. The van der Waals surface area contributed by atoms with Crippen LogP contribution in [0.25, 0.3) is 0 Å². The Labute approximate surface area is 167 Å². The van der Waals surface area contributed by atoms with Gasteiger partial charge in [0.2, 0.25) is 0 Å². The molecule has 3 aromatic rings. The fraction of sp³-hybridized carbons (Fsp3) is 0.136. The van der Waals surface area contributed by atoms with Crippen LogP contribution < -0.4 is 15.4 Å². The van der Waals surface area contributed by atoms with Crippen LogP contribution in [0.2, 0.25) is 0 Å². The average Bonchev–Trinajstić information content (AvgIpc) is 2.74. The first-order valence-electron chi connectivity index (χ1n) is 9.01. The highest BCUT2D eigenvalue weighted by Gasteiger charge is 2.14. The van der Waals surface area contributed by atoms with E-state index in [0.717, 1.165) is 5.56 Å². The highest BCUT2D eigenvalue weighted by atomic mass is 19.1. The molecule has 0 aliphatic rings. The maximum atomic E-state index is 12.9. The van der Waals surface area contributed by atoms with Gasteiger partial charge < -0.3 is 15.4 Å². The summed E-state index contributed by atoms with van der Waals surface area (Å²) in [5.74, 6) is -0.529. The average molecular weight is 393 g/mol. The second kappa shape index (κ2) is 9.45. The number of carbonyl (C=O) groups is 2. The maximum Gasteiger partial charge on any atom is 0.261 e. The predicted octanol–water partition coefficient (Wildman–Crippen LogP) is 3.56. The summed E-state index contributed by atoms with van der Waals surface area (Å²) in [5.41, 5.74) is 1.88. The van der Waals surface area contributed by atoms with E-state index >= 15 is 0 Å². The van der Waals surface area contributed by atoms with Crippen molar-refractivity contribution < 1.29 is 18.7 Å². The summed E-state index contributed by atoms with van der Waals surface area (Å²) >= 11 is 0. The summed E-state index contributed by atoms with van der Waals surface area (Å²) in [5, 5.41) is 5.58. The molecule has 0 bridgehead atoms. The van der Waals surface area contributed by atoms with E-state index in [0.29, 0.717) is 17.0 Å². The minimum absolute atomic E-state index is 0.263. The van der Waals surface area contributed by atoms with Gasteiger partial charge in [0.15, 0.2) is 6.10 Å². The fourth-order valence-electron chi connectivity index (χ4n) is 2.56. The van der Waals surface area contributed by atoms with Crippen LogP contribution in [0, 0.1) is 5.82 Å². The summed E-state index contributed by atoms with van der Waals surface area (Å²) in [6.45, 7) is 1.88. The molecule has 1 unspecified atom stereocenters. The van der Waals surface area contributed by atoms with Gasteiger partial charge in [-0.15, -0.1) is 0 Å². The van der Waals surface area contributed by atoms with E-state index in [9.17, 15) is 14.0 Å². The number of nitrogens with one attached hydrogen (secondary N) is 2. The van der Waals surface area contributed by atoms with Crippen molar-refractivity contribution in [3.8, 4) is 5.75 Å². The smallest absolute Gasteiger partial charge is 0.261 e. The van der Waals surface area contributed by atoms with Crippen molar-refractivity contribution in [1.82, 2.24) is 10.3 Å². The van der Waals surface area contributed by atoms with Crippen molar-refractivity contribution >= 4 is 17.5 Å². The summed E-state index contributed by atoms with van der Waals surface area (Å²) < 4.78 is 18.4. The van der Waals surface area contributed by atoms with Crippen molar-refractivity contribution in [1.29, 1.82) is 0 Å². The Morgan fingerprint density at radius 2 is 1.90 bits per heavy atom. The lowest BCUT2D eigenvalue weighted by Crippen LogP contribution is -2.35. The Bertz CT molecular complexity index is 978. The molecule has 0 aliphatic carbocycles. The quantitative estimate of drug-likeness (QED) is 0.643. The second-order valence-electron chi connectivity index (χ2n) is 6.33. The number of anilines is 1. The lowest BCUT2D eigenvalue weighted by atomic mass is 10.2. The third-order valence-corrected chi connectivity index (χ3v) is 4.07. The minimum Gasteiger partial charge on any atom is -0.481 e. The third kappa shape index (κ3) is 5.87. The molecule has 0 saturated heterocycles. The zero-order chi connectivity index (χ0) is 20.6. The summed E-state index contributed by atoms with van der Waals surface area (Å²) in [6, 6.07) is 16.0. The van der Waals surface area contributed by atoms with Crippen LogP contribution in [0.4, 0.5) is 10.1 Å². The number of hydrogen-bond acceptors (Lipinski definition) is 4. The van der Waals surface area contributed by atoms with Crippen LogP contribution in [0.3, 0.4) is 0 Å². The molecule has 3 rings (SSSR count). The van der Waals surface area contributed by atoms with Gasteiger partial charge in [0, 0.05) is 24.6 Å². The third-order valence-electron chi connectivity index (χ3n) is 4.07. The molecule has 7 heteroatoms. The number of halogens is 1. The molecule has 148 valence electrons. The zero-order valence-corrected chi connectivity index (χ0v) is 15.8. The Hall–Kier alpha value is -3.74. The van der Waals surface area contributed by atoms with E-state index < -0.39 is 6.10 Å². The number of pyridine rings is 1. The molecular formula is C22H20FN3O3. The number of hydrogen-bond donors (Lipinski definition) is 2. The van der Waals surface area contributed by atoms with E-state index in [-0.39, 0.29) is 24.2 Å². The monoisotopic (exact) mass is 393 g/mol. The number of carbonyl (C=O) groups excluding carboxylic acids is 2. The maximum absolute atomic E-state index is 12.9. The molecule has 0 spiro atoms. The molecule has 29 heavy (non-hydrogen) atoms. The van der Waals surface area contributed by atoms with E-state index in [1.165, 1.54) is 30.5 Å². The van der Waals surface area contributed by atoms with Gasteiger partial charge in [-0.3, -0.25) is 14.6 Å². The van der Waals surface area contributed by atoms with E-state index in [1.54, 1.807) is 43.5 Å². The number of rotatable bonds is 7. The Morgan fingerprint density at radius 1 is 1.10 bits per heavy atom. The van der Waals surface area contributed by atoms with E-state index in [4.69, 9.17) is 4.74 Å². The molecule has 0 saturated carbocycles. The SMILES string of the molecule is CC(Oc1ccc(F)cc1)C(=O)NCc1cccc(NC(=O)c2cccnc2)c1. The van der Waals surface area contributed by atoms with Gasteiger partial charge in [-0.05, 0) is 61.0 Å². The van der Waals surface area contributed by atoms with Crippen LogP contribution in [-0.4, -0.2) is 22.9 Å². The molecule has 0 fully saturated rings. The van der Waals surface area contributed by atoms with Gasteiger partial charge >= 0.3 is 0 Å². The largest absolute Gasteiger partial charge is 0.481 e. The number of benzene rings is 2. The van der Waals surface area contributed by atoms with Gasteiger partial charge in [-0.25, -0.2) is 4.39 Å². The van der Waals surface area contributed by atoms with Crippen LogP contribution >= 0.6 is 0 Å². The molecule has 1 heterocycles. The van der Waals surface area contributed by atoms with Crippen molar-refractivity contribution in [3.63, 3.8) is 0 Å². The molecule has 2 N–H and O–H groups in total. The summed E-state index contributed by atoms with van der Waals surface area (Å²) in [6.07, 6.45) is 2.34. The zero-order valence-electron chi connectivity index (χ0n) is 15.8. The Balaban J connectivity index is 1.53. The second-order valence-corrected chi connectivity index (χ2v) is 6.33. The van der Waals surface area contributed by atoms with Gasteiger partial charge in [0.25, 0.3) is 11.8 Å². The lowest BCUT2D eigenvalue weighted by molar-refractivity contribution is -0.127. The first-order chi connectivity index (χ1) is 14.0. The standard InChI is InChI=1S/C22H20FN3O3/c1-15(29-20-9-7-18(23)8-10-20)21(27)25-13-16-4-2-6-19(12-16)26-22(28)17-5-3-11-24-14-17/h2-12,14-15H,13H2,1H3,(H,25,27)(H,26,28). The molecule has 2 aromatic carbocycles. The van der Waals surface area contributed by atoms with E-state index in [2.05, 4.69) is 15.6 Å². The minimum atomic E-state index is -0.742. The highest BCUT2D eigenvalue weighted by Crippen LogP contribution is 2.14. The molecule has 2 amide bonds. The van der Waals surface area contributed by atoms with Crippen molar-refractivity contribution in [2.45, 2.75) is 19.6 Å². The summed E-state index contributed by atoms with van der Waals surface area (Å²) in [4.78, 5) is 28.4. The highest BCUT2D eigenvalue weighted by molar-refractivity contribution is 6.04. The number of aromatic nitrogens is 1. The Morgan fingerprint density at radius 3 is 2.62 bits per heavy atom. The van der Waals surface area contributed by atoms with Crippen LogP contribution in [0.1, 0.15) is 22.8 Å². The first kappa shape index (κ1) is 20.0. The van der Waals surface area contributed by atoms with E-state index in [1.807, 2.05) is 6.07 Å². The molecule has 1 atom stereocenters. The predicted molar refractivity (Wildman–Crippen MR) is 107 cm³/mol. The van der Waals surface area contributed by atoms with Crippen LogP contribution in [-0.2, 0) is 11.3 Å². The van der Waals surface area contributed by atoms with Gasteiger partial charge in [0.05, 0.1) is 5.56 Å². The van der Waals surface area contributed by atoms with Crippen molar-refractivity contribution in [3.05, 3.63) is 90.0 Å². The van der Waals surface area contributed by atoms with Crippen molar-refractivity contribution in [2.24, 2.45) is 0 Å². The first-order valence-corrected chi connectivity index (χ1v) is 9.01. The van der Waals surface area contributed by atoms with Crippen molar-refractivity contribution in [2.75, 3.05) is 5.32 Å². The molecule has 6 nitrogen and oxygen atoms in total. The fourth-order valence-corrected chi connectivity index (χ4v) is 2.56. The van der Waals surface area contributed by atoms with Gasteiger partial charge in [-0.2, -0.15) is 0 Å². The number of nitrogens with zero attached hydrogens (tertiary/aromatic N) is 1. The Kier molecular flexibility index (Phi) is 6.52. The number of ether oxygens (including phenoxy) is 1. The molecule has 0 radical (unpaired) electrons. The molecular weight excluding hydrogens is 373 g/mol. The number of amides is 2. The van der Waals surface area contributed by atoms with Gasteiger partial charge in [0.1, 0.15) is 11.6 Å². The topological polar surface area (TPSA) is 80.3 Å². The summed E-state index contributed by atoms with van der Waals surface area (Å²) in [7, 11) is 0. The van der Waals surface area contributed by atoms with Crippen LogP contribution in [0.15, 0.2) is 73.1 Å². The normalized spacial score (nSPS) is 11.4. The molecule has 0 aliphatic heterocycles.